The number of para-hydroxylation sites is 1. The molecule has 2 aromatic rings. The number of benzene rings is 2. The van der Waals surface area contributed by atoms with E-state index in [2.05, 4.69) is 6.92 Å². The van der Waals surface area contributed by atoms with E-state index in [1.54, 1.807) is 40.6 Å². The number of anilines is 2. The highest BCUT2D eigenvalue weighted by molar-refractivity contribution is 8.00. The molecule has 1 unspecified atom stereocenters. The summed E-state index contributed by atoms with van der Waals surface area (Å²) < 4.78 is 28.7. The van der Waals surface area contributed by atoms with E-state index in [0.29, 0.717) is 18.8 Å². The van der Waals surface area contributed by atoms with Gasteiger partial charge >= 0.3 is 0 Å². The first kappa shape index (κ1) is 19.7. The van der Waals surface area contributed by atoms with Crippen molar-refractivity contribution in [2.75, 3.05) is 28.0 Å². The molecule has 2 aromatic carbocycles. The van der Waals surface area contributed by atoms with Crippen LogP contribution in [0.5, 0.6) is 0 Å². The molecule has 0 aliphatic carbocycles. The first-order chi connectivity index (χ1) is 13.4. The highest BCUT2D eigenvalue weighted by atomic mass is 32.2. The molecule has 2 heterocycles. The van der Waals surface area contributed by atoms with Crippen LogP contribution in [0.1, 0.15) is 20.3 Å². The molecule has 0 N–H and O–H groups in total. The fourth-order valence-corrected chi connectivity index (χ4v) is 7.40. The number of hydrogen-bond acceptors (Lipinski definition) is 5. The Balaban J connectivity index is 1.79. The van der Waals surface area contributed by atoms with Gasteiger partial charge in [0.2, 0.25) is 5.91 Å². The minimum absolute atomic E-state index is 0.0677. The summed E-state index contributed by atoms with van der Waals surface area (Å²) in [6.45, 7) is 4.64. The van der Waals surface area contributed by atoms with Gasteiger partial charge in [-0.05, 0) is 36.8 Å². The van der Waals surface area contributed by atoms with E-state index in [1.807, 2.05) is 30.3 Å². The van der Waals surface area contributed by atoms with Gasteiger partial charge in [-0.15, -0.1) is 23.5 Å². The molecule has 4 rings (SSSR count). The Morgan fingerprint density at radius 3 is 2.68 bits per heavy atom. The summed E-state index contributed by atoms with van der Waals surface area (Å²) in [4.78, 5) is 15.9. The van der Waals surface area contributed by atoms with Crippen molar-refractivity contribution in [3.05, 3.63) is 42.5 Å². The topological polar surface area (TPSA) is 57.7 Å². The predicted molar refractivity (Wildman–Crippen MR) is 116 cm³/mol. The fraction of sp³-hybridized carbons (Fsp3) is 0.350. The van der Waals surface area contributed by atoms with Crippen LogP contribution in [0.3, 0.4) is 0 Å². The molecule has 1 atom stereocenters. The van der Waals surface area contributed by atoms with Crippen molar-refractivity contribution >= 4 is 50.8 Å². The van der Waals surface area contributed by atoms with E-state index in [0.717, 1.165) is 27.7 Å². The SMILES string of the molecule is CCC1CN(S(=O)(=O)c2ccc3c(c2)N(C(C)=O)CCS3)c2ccccc2S1. The lowest BCUT2D eigenvalue weighted by atomic mass is 10.2. The Bertz CT molecular complexity index is 1020. The molecule has 1 amide bonds. The molecule has 148 valence electrons. The van der Waals surface area contributed by atoms with Crippen molar-refractivity contribution in [3.8, 4) is 0 Å². The summed E-state index contributed by atoms with van der Waals surface area (Å²) in [5, 5.41) is 0.214. The molecule has 8 heteroatoms. The Labute approximate surface area is 174 Å². The second kappa shape index (κ2) is 7.65. The molecule has 5 nitrogen and oxygen atoms in total. The van der Waals surface area contributed by atoms with Crippen molar-refractivity contribution in [2.24, 2.45) is 0 Å². The van der Waals surface area contributed by atoms with Crippen LogP contribution in [-0.2, 0) is 14.8 Å². The summed E-state index contributed by atoms with van der Waals surface area (Å²) >= 11 is 3.39. The summed E-state index contributed by atoms with van der Waals surface area (Å²) in [5.41, 5.74) is 1.42. The molecule has 2 aliphatic heterocycles. The van der Waals surface area contributed by atoms with Crippen LogP contribution in [-0.4, -0.2) is 38.4 Å². The molecular formula is C20H22N2O3S3. The van der Waals surface area contributed by atoms with Crippen LogP contribution in [0, 0.1) is 0 Å². The average Bonchev–Trinajstić information content (AvgIpc) is 2.71. The molecule has 0 saturated carbocycles. The zero-order valence-electron chi connectivity index (χ0n) is 15.8. The lowest BCUT2D eigenvalue weighted by molar-refractivity contribution is -0.116. The van der Waals surface area contributed by atoms with E-state index in [-0.39, 0.29) is 16.1 Å². The van der Waals surface area contributed by atoms with Crippen molar-refractivity contribution in [2.45, 2.75) is 40.2 Å². The Hall–Kier alpha value is -1.64. The Morgan fingerprint density at radius 1 is 1.14 bits per heavy atom. The number of fused-ring (bicyclic) bond motifs is 2. The number of nitrogens with zero attached hydrogens (tertiary/aromatic N) is 2. The van der Waals surface area contributed by atoms with Crippen LogP contribution in [0.15, 0.2) is 57.2 Å². The number of thioether (sulfide) groups is 2. The van der Waals surface area contributed by atoms with Crippen LogP contribution in [0.2, 0.25) is 0 Å². The van der Waals surface area contributed by atoms with Gasteiger partial charge in [-0.2, -0.15) is 0 Å². The highest BCUT2D eigenvalue weighted by Crippen LogP contribution is 2.43. The highest BCUT2D eigenvalue weighted by Gasteiger charge is 2.34. The van der Waals surface area contributed by atoms with E-state index in [9.17, 15) is 13.2 Å². The second-order valence-corrected chi connectivity index (χ2v) is 11.1. The Morgan fingerprint density at radius 2 is 1.93 bits per heavy atom. The minimum Gasteiger partial charge on any atom is -0.311 e. The predicted octanol–water partition coefficient (Wildman–Crippen LogP) is 4.22. The van der Waals surface area contributed by atoms with Gasteiger partial charge in [0.05, 0.1) is 16.3 Å². The number of amides is 1. The lowest BCUT2D eigenvalue weighted by Gasteiger charge is -2.35. The van der Waals surface area contributed by atoms with E-state index in [1.165, 1.54) is 11.2 Å². The van der Waals surface area contributed by atoms with E-state index >= 15 is 0 Å². The number of sulfonamides is 1. The molecule has 0 bridgehead atoms. The van der Waals surface area contributed by atoms with Gasteiger partial charge in [-0.1, -0.05) is 19.1 Å². The normalized spacial score (nSPS) is 19.1. The first-order valence-corrected chi connectivity index (χ1v) is 12.6. The number of carbonyl (C=O) groups is 1. The third kappa shape index (κ3) is 3.42. The summed E-state index contributed by atoms with van der Waals surface area (Å²) in [5.74, 6) is 0.745. The van der Waals surface area contributed by atoms with Gasteiger partial charge < -0.3 is 4.90 Å². The zero-order chi connectivity index (χ0) is 19.9. The smallest absolute Gasteiger partial charge is 0.264 e. The molecule has 0 aromatic heterocycles. The molecule has 0 saturated heterocycles. The number of rotatable bonds is 3. The van der Waals surface area contributed by atoms with Gasteiger partial charge in [0.15, 0.2) is 0 Å². The monoisotopic (exact) mass is 434 g/mol. The summed E-state index contributed by atoms with van der Waals surface area (Å²) in [7, 11) is -3.73. The van der Waals surface area contributed by atoms with Gasteiger partial charge in [0, 0.05) is 40.8 Å². The van der Waals surface area contributed by atoms with Gasteiger partial charge in [-0.25, -0.2) is 8.42 Å². The van der Waals surface area contributed by atoms with E-state index < -0.39 is 10.0 Å². The average molecular weight is 435 g/mol. The number of hydrogen-bond donors (Lipinski definition) is 0. The van der Waals surface area contributed by atoms with Crippen LogP contribution in [0.25, 0.3) is 0 Å². The van der Waals surface area contributed by atoms with Gasteiger partial charge in [0.1, 0.15) is 0 Å². The number of carbonyl (C=O) groups excluding carboxylic acids is 1. The standard InChI is InChI=1S/C20H22N2O3S3/c1-3-15-13-22(17-6-4-5-7-20(17)27-15)28(24,25)16-8-9-19-18(12-16)21(14(2)23)10-11-26-19/h4-9,12,15H,3,10-11,13H2,1-2H3. The lowest BCUT2D eigenvalue weighted by Crippen LogP contribution is -2.39. The van der Waals surface area contributed by atoms with Gasteiger partial charge in [0.25, 0.3) is 10.0 Å². The molecule has 0 radical (unpaired) electrons. The van der Waals surface area contributed by atoms with Gasteiger partial charge in [-0.3, -0.25) is 9.10 Å². The van der Waals surface area contributed by atoms with Crippen molar-refractivity contribution in [3.63, 3.8) is 0 Å². The first-order valence-electron chi connectivity index (χ1n) is 9.25. The van der Waals surface area contributed by atoms with Crippen molar-refractivity contribution < 1.29 is 13.2 Å². The molecule has 0 fully saturated rings. The van der Waals surface area contributed by atoms with Crippen molar-refractivity contribution in [1.82, 2.24) is 0 Å². The van der Waals surface area contributed by atoms with Crippen molar-refractivity contribution in [1.29, 1.82) is 0 Å². The van der Waals surface area contributed by atoms with Crippen LogP contribution in [0.4, 0.5) is 11.4 Å². The van der Waals surface area contributed by atoms with Crippen LogP contribution >= 0.6 is 23.5 Å². The quantitative estimate of drug-likeness (QED) is 0.724. The summed E-state index contributed by atoms with van der Waals surface area (Å²) in [6, 6.07) is 12.8. The maximum atomic E-state index is 13.6. The minimum atomic E-state index is -3.73. The maximum Gasteiger partial charge on any atom is 0.264 e. The molecular weight excluding hydrogens is 412 g/mol. The zero-order valence-corrected chi connectivity index (χ0v) is 18.2. The Kier molecular flexibility index (Phi) is 5.37. The second-order valence-electron chi connectivity index (χ2n) is 6.80. The molecule has 28 heavy (non-hydrogen) atoms. The maximum absolute atomic E-state index is 13.6. The molecule has 2 aliphatic rings. The third-order valence-electron chi connectivity index (χ3n) is 5.01. The molecule has 0 spiro atoms. The largest absolute Gasteiger partial charge is 0.311 e. The summed E-state index contributed by atoms with van der Waals surface area (Å²) in [6.07, 6.45) is 0.893. The third-order valence-corrected chi connectivity index (χ3v) is 9.25. The fourth-order valence-electron chi connectivity index (χ4n) is 3.52. The van der Waals surface area contributed by atoms with E-state index in [4.69, 9.17) is 0 Å². The van der Waals surface area contributed by atoms with Crippen LogP contribution < -0.4 is 9.21 Å².